The minimum Gasteiger partial charge on any atom is -0.352 e. The monoisotopic (exact) mass is 539 g/mol. The van der Waals surface area contributed by atoms with Gasteiger partial charge in [0.25, 0.3) is 0 Å². The highest BCUT2D eigenvalue weighted by atomic mass is 35.5. The summed E-state index contributed by atoms with van der Waals surface area (Å²) in [6, 6.07) is 12.8. The third kappa shape index (κ3) is 7.12. The van der Waals surface area contributed by atoms with E-state index in [0.717, 1.165) is 36.2 Å². The summed E-state index contributed by atoms with van der Waals surface area (Å²) < 4.78 is 26.3. The standard InChI is InChI=1S/C25H31Cl2N3O4S/c1-3-22(25(32)28-19-11-5-6-12-19)29(16-18-10-4-7-13-20(18)26)24(31)17-30(35(2,33)34)23-15-9-8-14-21(23)27/h4,7-10,13-15,19,22H,3,5-6,11-12,16-17H2,1-2H3,(H,28,32). The molecule has 0 bridgehead atoms. The van der Waals surface area contributed by atoms with Crippen LogP contribution in [0.5, 0.6) is 0 Å². The number of hydrogen-bond donors (Lipinski definition) is 1. The molecule has 7 nitrogen and oxygen atoms in total. The van der Waals surface area contributed by atoms with Crippen molar-refractivity contribution in [2.75, 3.05) is 17.1 Å². The van der Waals surface area contributed by atoms with Crippen LogP contribution < -0.4 is 9.62 Å². The maximum atomic E-state index is 13.7. The zero-order valence-electron chi connectivity index (χ0n) is 19.9. The Morgan fingerprint density at radius 2 is 1.63 bits per heavy atom. The first-order chi connectivity index (χ1) is 16.6. The van der Waals surface area contributed by atoms with Gasteiger partial charge in [0.1, 0.15) is 12.6 Å². The smallest absolute Gasteiger partial charge is 0.244 e. The molecule has 1 fully saturated rings. The molecule has 1 saturated carbocycles. The quantitative estimate of drug-likeness (QED) is 0.476. The Morgan fingerprint density at radius 1 is 1.03 bits per heavy atom. The third-order valence-corrected chi connectivity index (χ3v) is 8.00. The van der Waals surface area contributed by atoms with E-state index in [1.807, 2.05) is 6.92 Å². The third-order valence-electron chi connectivity index (χ3n) is 6.19. The van der Waals surface area contributed by atoms with Crippen LogP contribution in [0, 0.1) is 0 Å². The number of halogens is 2. The lowest BCUT2D eigenvalue weighted by Crippen LogP contribution is -2.53. The largest absolute Gasteiger partial charge is 0.352 e. The minimum absolute atomic E-state index is 0.0647. The van der Waals surface area contributed by atoms with Crippen LogP contribution in [-0.4, -0.2) is 50.0 Å². The summed E-state index contributed by atoms with van der Waals surface area (Å²) in [5.74, 6) is -0.771. The molecule has 190 valence electrons. The average molecular weight is 541 g/mol. The molecule has 0 saturated heterocycles. The number of hydrogen-bond acceptors (Lipinski definition) is 4. The topological polar surface area (TPSA) is 86.8 Å². The Kier molecular flexibility index (Phi) is 9.44. The number of rotatable bonds is 10. The maximum Gasteiger partial charge on any atom is 0.244 e. The highest BCUT2D eigenvalue weighted by molar-refractivity contribution is 7.92. The van der Waals surface area contributed by atoms with Gasteiger partial charge in [-0.05, 0) is 43.0 Å². The predicted octanol–water partition coefficient (Wildman–Crippen LogP) is 4.63. The van der Waals surface area contributed by atoms with Crippen molar-refractivity contribution >= 4 is 50.7 Å². The van der Waals surface area contributed by atoms with Gasteiger partial charge < -0.3 is 10.2 Å². The van der Waals surface area contributed by atoms with Crippen LogP contribution in [0.15, 0.2) is 48.5 Å². The summed E-state index contributed by atoms with van der Waals surface area (Å²) in [6.07, 6.45) is 5.33. The molecule has 1 atom stereocenters. The van der Waals surface area contributed by atoms with E-state index in [1.165, 1.54) is 4.90 Å². The van der Waals surface area contributed by atoms with Gasteiger partial charge in [-0.3, -0.25) is 13.9 Å². The van der Waals surface area contributed by atoms with Gasteiger partial charge in [0, 0.05) is 17.6 Å². The fraction of sp³-hybridized carbons (Fsp3) is 0.440. The molecule has 0 spiro atoms. The lowest BCUT2D eigenvalue weighted by Gasteiger charge is -2.33. The van der Waals surface area contributed by atoms with E-state index >= 15 is 0 Å². The first-order valence-electron chi connectivity index (χ1n) is 11.7. The fourth-order valence-corrected chi connectivity index (χ4v) is 5.69. The summed E-state index contributed by atoms with van der Waals surface area (Å²) in [7, 11) is -3.85. The molecule has 0 aromatic heterocycles. The number of para-hydroxylation sites is 1. The van der Waals surface area contributed by atoms with Gasteiger partial charge in [0.15, 0.2) is 0 Å². The van der Waals surface area contributed by atoms with Gasteiger partial charge in [0.05, 0.1) is 17.0 Å². The number of anilines is 1. The van der Waals surface area contributed by atoms with E-state index in [-0.39, 0.29) is 29.2 Å². The van der Waals surface area contributed by atoms with Crippen LogP contribution >= 0.6 is 23.2 Å². The summed E-state index contributed by atoms with van der Waals surface area (Å²) in [5.41, 5.74) is 0.865. The average Bonchev–Trinajstić information content (AvgIpc) is 3.31. The molecule has 3 rings (SSSR count). The van der Waals surface area contributed by atoms with Gasteiger partial charge in [-0.15, -0.1) is 0 Å². The lowest BCUT2D eigenvalue weighted by molar-refractivity contribution is -0.140. The van der Waals surface area contributed by atoms with E-state index in [9.17, 15) is 18.0 Å². The Bertz CT molecular complexity index is 1150. The Labute approximate surface area is 217 Å². The molecule has 1 aliphatic carbocycles. The van der Waals surface area contributed by atoms with E-state index in [0.29, 0.717) is 17.0 Å². The van der Waals surface area contributed by atoms with Crippen LogP contribution in [-0.2, 0) is 26.2 Å². The summed E-state index contributed by atoms with van der Waals surface area (Å²) in [6.45, 7) is 1.39. The molecule has 1 aliphatic rings. The number of amides is 2. The molecule has 0 radical (unpaired) electrons. The number of nitrogens with zero attached hydrogens (tertiary/aromatic N) is 2. The predicted molar refractivity (Wildman–Crippen MR) is 140 cm³/mol. The van der Waals surface area contributed by atoms with Crippen LogP contribution in [0.25, 0.3) is 0 Å². The number of nitrogens with one attached hydrogen (secondary N) is 1. The van der Waals surface area contributed by atoms with Crippen molar-refractivity contribution in [1.29, 1.82) is 0 Å². The molecule has 0 aliphatic heterocycles. The molecule has 1 unspecified atom stereocenters. The van der Waals surface area contributed by atoms with Crippen LogP contribution in [0.4, 0.5) is 5.69 Å². The number of carbonyl (C=O) groups excluding carboxylic acids is 2. The van der Waals surface area contributed by atoms with Crippen molar-refractivity contribution in [3.8, 4) is 0 Å². The van der Waals surface area contributed by atoms with Crippen molar-refractivity contribution in [2.45, 2.75) is 57.7 Å². The van der Waals surface area contributed by atoms with Gasteiger partial charge in [0.2, 0.25) is 21.8 Å². The fourth-order valence-electron chi connectivity index (χ4n) is 4.35. The number of benzene rings is 2. The molecular formula is C25H31Cl2N3O4S. The van der Waals surface area contributed by atoms with Gasteiger partial charge in [-0.2, -0.15) is 0 Å². The molecule has 2 aromatic rings. The van der Waals surface area contributed by atoms with E-state index in [1.54, 1.807) is 48.5 Å². The SMILES string of the molecule is CCC(C(=O)NC1CCCC1)N(Cc1ccccc1Cl)C(=O)CN(c1ccccc1Cl)S(C)(=O)=O. The summed E-state index contributed by atoms with van der Waals surface area (Å²) in [4.78, 5) is 28.4. The molecule has 2 aromatic carbocycles. The number of sulfonamides is 1. The van der Waals surface area contributed by atoms with Crippen molar-refractivity contribution in [3.63, 3.8) is 0 Å². The van der Waals surface area contributed by atoms with E-state index in [4.69, 9.17) is 23.2 Å². The van der Waals surface area contributed by atoms with Gasteiger partial charge in [-0.1, -0.05) is 73.3 Å². The summed E-state index contributed by atoms with van der Waals surface area (Å²) >= 11 is 12.6. The minimum atomic E-state index is -3.85. The second-order valence-electron chi connectivity index (χ2n) is 8.75. The summed E-state index contributed by atoms with van der Waals surface area (Å²) in [5, 5.41) is 3.73. The van der Waals surface area contributed by atoms with E-state index < -0.39 is 28.5 Å². The van der Waals surface area contributed by atoms with Crippen LogP contribution in [0.3, 0.4) is 0 Å². The maximum absolute atomic E-state index is 13.7. The van der Waals surface area contributed by atoms with Crippen LogP contribution in [0.1, 0.15) is 44.6 Å². The molecule has 10 heteroatoms. The van der Waals surface area contributed by atoms with Crippen molar-refractivity contribution in [2.24, 2.45) is 0 Å². The highest BCUT2D eigenvalue weighted by Crippen LogP contribution is 2.28. The Balaban J connectivity index is 1.94. The van der Waals surface area contributed by atoms with Crippen molar-refractivity contribution in [1.82, 2.24) is 10.2 Å². The molecule has 0 heterocycles. The zero-order chi connectivity index (χ0) is 25.6. The molecule has 2 amide bonds. The van der Waals surface area contributed by atoms with Crippen molar-refractivity contribution < 1.29 is 18.0 Å². The first kappa shape index (κ1) is 27.3. The zero-order valence-corrected chi connectivity index (χ0v) is 22.2. The van der Waals surface area contributed by atoms with Gasteiger partial charge >= 0.3 is 0 Å². The Hall–Kier alpha value is -2.29. The second kappa shape index (κ2) is 12.1. The van der Waals surface area contributed by atoms with Gasteiger partial charge in [-0.25, -0.2) is 8.42 Å². The lowest BCUT2D eigenvalue weighted by atomic mass is 10.1. The van der Waals surface area contributed by atoms with Crippen molar-refractivity contribution in [3.05, 3.63) is 64.1 Å². The molecule has 1 N–H and O–H groups in total. The normalized spacial score (nSPS) is 15.0. The first-order valence-corrected chi connectivity index (χ1v) is 14.3. The van der Waals surface area contributed by atoms with Crippen LogP contribution in [0.2, 0.25) is 10.0 Å². The Morgan fingerprint density at radius 3 is 2.20 bits per heavy atom. The number of carbonyl (C=O) groups is 2. The second-order valence-corrected chi connectivity index (χ2v) is 11.5. The molecular weight excluding hydrogens is 509 g/mol. The molecule has 35 heavy (non-hydrogen) atoms. The van der Waals surface area contributed by atoms with E-state index in [2.05, 4.69) is 5.32 Å². The highest BCUT2D eigenvalue weighted by Gasteiger charge is 2.33.